The van der Waals surface area contributed by atoms with Crippen LogP contribution < -0.4 is 10.7 Å². The molecule has 1 aromatic carbocycles. The first-order valence-electron chi connectivity index (χ1n) is 7.28. The summed E-state index contributed by atoms with van der Waals surface area (Å²) in [6.07, 6.45) is 3.31. The van der Waals surface area contributed by atoms with E-state index in [0.29, 0.717) is 4.32 Å². The molecule has 0 bridgehead atoms. The maximum atomic E-state index is 11.9. The maximum absolute atomic E-state index is 11.9. The van der Waals surface area contributed by atoms with Crippen LogP contribution in [0.25, 0.3) is 0 Å². The van der Waals surface area contributed by atoms with E-state index in [1.165, 1.54) is 11.8 Å². The standard InChI is InChI=1S/C17H18N4OS2/c1-12-5-7-14(8-6-12)20-16(22)11-24-17(23)21-19-10-15-13(2)4-3-9-18-15/h3-10H,11H2,1-2H3,(H,20,22)(H,21,23)/b19-10+. The number of rotatable bonds is 5. The van der Waals surface area contributed by atoms with Crippen LogP contribution in [0, 0.1) is 13.8 Å². The van der Waals surface area contributed by atoms with Crippen molar-refractivity contribution < 1.29 is 4.79 Å². The zero-order valence-corrected chi connectivity index (χ0v) is 15.1. The van der Waals surface area contributed by atoms with Gasteiger partial charge in [-0.25, -0.2) is 0 Å². The number of carbonyl (C=O) groups excluding carboxylic acids is 1. The predicted molar refractivity (Wildman–Crippen MR) is 105 cm³/mol. The average molecular weight is 358 g/mol. The van der Waals surface area contributed by atoms with Crippen LogP contribution in [-0.2, 0) is 4.79 Å². The molecule has 0 spiro atoms. The highest BCUT2D eigenvalue weighted by atomic mass is 32.2. The Labute approximate surface area is 151 Å². The molecule has 0 fully saturated rings. The van der Waals surface area contributed by atoms with E-state index in [2.05, 4.69) is 20.8 Å². The van der Waals surface area contributed by atoms with Crippen molar-refractivity contribution in [2.45, 2.75) is 13.8 Å². The first-order chi connectivity index (χ1) is 11.5. The molecule has 1 amide bonds. The van der Waals surface area contributed by atoms with Crippen molar-refractivity contribution in [3.8, 4) is 0 Å². The number of aromatic nitrogens is 1. The Morgan fingerprint density at radius 2 is 2.04 bits per heavy atom. The monoisotopic (exact) mass is 358 g/mol. The predicted octanol–water partition coefficient (Wildman–Crippen LogP) is 3.28. The summed E-state index contributed by atoms with van der Waals surface area (Å²) in [6, 6.07) is 11.5. The third-order valence-corrected chi connectivity index (χ3v) is 4.27. The van der Waals surface area contributed by atoms with Crippen LogP contribution in [0.1, 0.15) is 16.8 Å². The summed E-state index contributed by atoms with van der Waals surface area (Å²) in [5.74, 6) is 0.107. The average Bonchev–Trinajstić information content (AvgIpc) is 2.57. The van der Waals surface area contributed by atoms with Gasteiger partial charge < -0.3 is 5.32 Å². The lowest BCUT2D eigenvalue weighted by Crippen LogP contribution is -2.18. The van der Waals surface area contributed by atoms with Gasteiger partial charge in [0.05, 0.1) is 17.7 Å². The fourth-order valence-electron chi connectivity index (χ4n) is 1.78. The van der Waals surface area contributed by atoms with E-state index in [1.807, 2.05) is 50.2 Å². The maximum Gasteiger partial charge on any atom is 0.234 e. The van der Waals surface area contributed by atoms with E-state index in [0.717, 1.165) is 22.5 Å². The number of thioether (sulfide) groups is 1. The molecular weight excluding hydrogens is 340 g/mol. The summed E-state index contributed by atoms with van der Waals surface area (Å²) in [6.45, 7) is 3.95. The lowest BCUT2D eigenvalue weighted by atomic mass is 10.2. The van der Waals surface area contributed by atoms with Gasteiger partial charge in [-0.2, -0.15) is 5.10 Å². The molecule has 24 heavy (non-hydrogen) atoms. The molecule has 2 N–H and O–H groups in total. The van der Waals surface area contributed by atoms with Crippen LogP contribution in [0.2, 0.25) is 0 Å². The van der Waals surface area contributed by atoms with Gasteiger partial charge in [0.1, 0.15) is 0 Å². The number of benzene rings is 1. The smallest absolute Gasteiger partial charge is 0.234 e. The summed E-state index contributed by atoms with van der Waals surface area (Å²) in [4.78, 5) is 16.1. The van der Waals surface area contributed by atoms with E-state index < -0.39 is 0 Å². The number of nitrogens with one attached hydrogen (secondary N) is 2. The number of anilines is 1. The van der Waals surface area contributed by atoms with E-state index in [-0.39, 0.29) is 11.7 Å². The highest BCUT2D eigenvalue weighted by Gasteiger charge is 2.05. The highest BCUT2D eigenvalue weighted by molar-refractivity contribution is 8.23. The van der Waals surface area contributed by atoms with Crippen molar-refractivity contribution in [3.63, 3.8) is 0 Å². The first-order valence-corrected chi connectivity index (χ1v) is 8.68. The van der Waals surface area contributed by atoms with Crippen LogP contribution >= 0.6 is 24.0 Å². The minimum atomic E-state index is -0.113. The van der Waals surface area contributed by atoms with Crippen LogP contribution in [-0.4, -0.2) is 27.2 Å². The lowest BCUT2D eigenvalue weighted by molar-refractivity contribution is -0.113. The number of hydrogen-bond acceptors (Lipinski definition) is 5. The Kier molecular flexibility index (Phi) is 6.89. The molecular formula is C17H18N4OS2. The Morgan fingerprint density at radius 1 is 1.29 bits per heavy atom. The molecule has 5 nitrogen and oxygen atoms in total. The van der Waals surface area contributed by atoms with Crippen molar-refractivity contribution in [3.05, 3.63) is 59.4 Å². The molecule has 1 heterocycles. The molecule has 0 atom stereocenters. The van der Waals surface area contributed by atoms with E-state index >= 15 is 0 Å². The number of hydrogen-bond donors (Lipinski definition) is 2. The normalized spacial score (nSPS) is 10.6. The van der Waals surface area contributed by atoms with Gasteiger partial charge in [-0.3, -0.25) is 15.2 Å². The minimum Gasteiger partial charge on any atom is -0.325 e. The second kappa shape index (κ2) is 9.14. The fourth-order valence-corrected chi connectivity index (χ4v) is 2.46. The molecule has 2 rings (SSSR count). The van der Waals surface area contributed by atoms with Gasteiger partial charge in [0.15, 0.2) is 4.32 Å². The molecule has 124 valence electrons. The van der Waals surface area contributed by atoms with Gasteiger partial charge in [0.25, 0.3) is 0 Å². The van der Waals surface area contributed by atoms with Gasteiger partial charge in [-0.05, 0) is 37.6 Å². The number of pyridine rings is 1. The highest BCUT2D eigenvalue weighted by Crippen LogP contribution is 2.10. The number of nitrogens with zero attached hydrogens (tertiary/aromatic N) is 2. The second-order valence-electron chi connectivity index (χ2n) is 5.07. The number of amides is 1. The topological polar surface area (TPSA) is 66.4 Å². The Morgan fingerprint density at radius 3 is 2.75 bits per heavy atom. The Hall–Kier alpha value is -2.25. The van der Waals surface area contributed by atoms with Crippen LogP contribution in [0.3, 0.4) is 0 Å². The van der Waals surface area contributed by atoms with Gasteiger partial charge in [-0.1, -0.05) is 47.7 Å². The molecule has 0 unspecified atom stereocenters. The molecule has 2 aromatic rings. The van der Waals surface area contributed by atoms with Crippen molar-refractivity contribution in [1.82, 2.24) is 10.4 Å². The molecule has 0 aliphatic carbocycles. The second-order valence-corrected chi connectivity index (χ2v) is 6.72. The van der Waals surface area contributed by atoms with Crippen molar-refractivity contribution >= 4 is 46.1 Å². The van der Waals surface area contributed by atoms with E-state index in [4.69, 9.17) is 12.2 Å². The largest absolute Gasteiger partial charge is 0.325 e. The first kappa shape index (κ1) is 18.1. The summed E-state index contributed by atoms with van der Waals surface area (Å²) >= 11 is 6.36. The van der Waals surface area contributed by atoms with Gasteiger partial charge >= 0.3 is 0 Å². The third-order valence-electron chi connectivity index (χ3n) is 3.06. The number of aryl methyl sites for hydroxylation is 2. The lowest BCUT2D eigenvalue weighted by Gasteiger charge is -2.06. The number of carbonyl (C=O) groups is 1. The molecule has 7 heteroatoms. The van der Waals surface area contributed by atoms with Gasteiger partial charge in [0, 0.05) is 11.9 Å². The third kappa shape index (κ3) is 6.10. The van der Waals surface area contributed by atoms with Gasteiger partial charge in [-0.15, -0.1) is 0 Å². The number of thiocarbonyl (C=S) groups is 1. The SMILES string of the molecule is Cc1ccc(NC(=O)CSC(=S)N/N=C/c2ncccc2C)cc1. The molecule has 1 aromatic heterocycles. The summed E-state index contributed by atoms with van der Waals surface area (Å²) in [5, 5.41) is 6.86. The van der Waals surface area contributed by atoms with Gasteiger partial charge in [0.2, 0.25) is 5.91 Å². The van der Waals surface area contributed by atoms with E-state index in [1.54, 1.807) is 12.4 Å². The zero-order chi connectivity index (χ0) is 17.4. The van der Waals surface area contributed by atoms with Crippen molar-refractivity contribution in [2.24, 2.45) is 5.10 Å². The summed E-state index contributed by atoms with van der Waals surface area (Å²) in [5.41, 5.74) is 6.45. The molecule has 0 aliphatic rings. The fraction of sp³-hybridized carbons (Fsp3) is 0.176. The van der Waals surface area contributed by atoms with Crippen LogP contribution in [0.15, 0.2) is 47.7 Å². The Balaban J connectivity index is 1.73. The van der Waals surface area contributed by atoms with Crippen molar-refractivity contribution in [1.29, 1.82) is 0 Å². The number of hydrazone groups is 1. The quantitative estimate of drug-likeness (QED) is 0.488. The molecule has 0 saturated carbocycles. The molecule has 0 aliphatic heterocycles. The summed E-state index contributed by atoms with van der Waals surface area (Å²) < 4.78 is 0.430. The minimum absolute atomic E-state index is 0.113. The van der Waals surface area contributed by atoms with Crippen LogP contribution in [0.5, 0.6) is 0 Å². The van der Waals surface area contributed by atoms with Crippen LogP contribution in [0.4, 0.5) is 5.69 Å². The van der Waals surface area contributed by atoms with E-state index in [9.17, 15) is 4.79 Å². The van der Waals surface area contributed by atoms with Crippen molar-refractivity contribution in [2.75, 3.05) is 11.1 Å². The Bertz CT molecular complexity index is 745. The molecule has 0 saturated heterocycles. The molecule has 0 radical (unpaired) electrons. The summed E-state index contributed by atoms with van der Waals surface area (Å²) in [7, 11) is 0. The zero-order valence-electron chi connectivity index (χ0n) is 13.4.